The lowest BCUT2D eigenvalue weighted by molar-refractivity contribution is 0.0926. The Morgan fingerprint density at radius 1 is 1.44 bits per heavy atom. The van der Waals surface area contributed by atoms with Gasteiger partial charge >= 0.3 is 0 Å². The standard InChI is InChI=1S/C12H16N2OS/c1-3-12(2,11(13)16)14-10(15)9-7-5-4-6-8-9/h4-8H,3H2,1-2H3,(H2,13,16)(H,14,15)/t12-/m1/s1. The van der Waals surface area contributed by atoms with Crippen molar-refractivity contribution in [2.75, 3.05) is 0 Å². The van der Waals surface area contributed by atoms with E-state index in [2.05, 4.69) is 5.32 Å². The highest BCUT2D eigenvalue weighted by atomic mass is 32.1. The van der Waals surface area contributed by atoms with Gasteiger partial charge in [-0.2, -0.15) is 0 Å². The van der Waals surface area contributed by atoms with Crippen molar-refractivity contribution in [2.45, 2.75) is 25.8 Å². The molecule has 0 aliphatic heterocycles. The van der Waals surface area contributed by atoms with E-state index in [1.807, 2.05) is 32.0 Å². The predicted octanol–water partition coefficient (Wildman–Crippen LogP) is 1.87. The maximum Gasteiger partial charge on any atom is 0.252 e. The number of amides is 1. The number of carbonyl (C=O) groups is 1. The van der Waals surface area contributed by atoms with Gasteiger partial charge in [0.1, 0.15) is 0 Å². The molecule has 0 fully saturated rings. The van der Waals surface area contributed by atoms with Gasteiger partial charge in [0.05, 0.1) is 10.5 Å². The third-order valence-corrected chi connectivity index (χ3v) is 3.13. The highest BCUT2D eigenvalue weighted by Crippen LogP contribution is 2.11. The number of nitrogens with one attached hydrogen (secondary N) is 1. The average Bonchev–Trinajstić information content (AvgIpc) is 2.29. The van der Waals surface area contributed by atoms with Crippen LogP contribution in [0.25, 0.3) is 0 Å². The first-order chi connectivity index (χ1) is 7.49. The number of carbonyl (C=O) groups excluding carboxylic acids is 1. The highest BCUT2D eigenvalue weighted by molar-refractivity contribution is 7.80. The van der Waals surface area contributed by atoms with Gasteiger partial charge in [-0.25, -0.2) is 0 Å². The Labute approximate surface area is 101 Å². The first kappa shape index (κ1) is 12.6. The van der Waals surface area contributed by atoms with E-state index in [4.69, 9.17) is 18.0 Å². The van der Waals surface area contributed by atoms with Gasteiger partial charge < -0.3 is 11.1 Å². The highest BCUT2D eigenvalue weighted by Gasteiger charge is 2.27. The number of hydrogen-bond acceptors (Lipinski definition) is 2. The quantitative estimate of drug-likeness (QED) is 0.785. The van der Waals surface area contributed by atoms with Gasteiger partial charge in [-0.15, -0.1) is 0 Å². The molecule has 0 aliphatic carbocycles. The van der Waals surface area contributed by atoms with Crippen molar-refractivity contribution in [2.24, 2.45) is 5.73 Å². The van der Waals surface area contributed by atoms with Gasteiger partial charge in [-0.1, -0.05) is 37.3 Å². The van der Waals surface area contributed by atoms with E-state index in [9.17, 15) is 4.79 Å². The van der Waals surface area contributed by atoms with Crippen molar-refractivity contribution in [3.63, 3.8) is 0 Å². The molecule has 3 N–H and O–H groups in total. The molecule has 0 heterocycles. The fraction of sp³-hybridized carbons (Fsp3) is 0.333. The smallest absolute Gasteiger partial charge is 0.252 e. The van der Waals surface area contributed by atoms with E-state index in [1.165, 1.54) is 0 Å². The first-order valence-corrected chi connectivity index (χ1v) is 5.58. The Kier molecular flexibility index (Phi) is 4.01. The van der Waals surface area contributed by atoms with Gasteiger partial charge in [0.2, 0.25) is 0 Å². The summed E-state index contributed by atoms with van der Waals surface area (Å²) in [7, 11) is 0. The van der Waals surface area contributed by atoms with E-state index in [-0.39, 0.29) is 5.91 Å². The summed E-state index contributed by atoms with van der Waals surface area (Å²) in [5.41, 5.74) is 5.61. The molecular formula is C12H16N2OS. The molecule has 1 amide bonds. The van der Waals surface area contributed by atoms with Crippen LogP contribution in [0.4, 0.5) is 0 Å². The summed E-state index contributed by atoms with van der Waals surface area (Å²) in [5.74, 6) is -0.155. The minimum Gasteiger partial charge on any atom is -0.391 e. The van der Waals surface area contributed by atoms with Crippen molar-refractivity contribution < 1.29 is 4.79 Å². The molecule has 1 rings (SSSR count). The van der Waals surface area contributed by atoms with Crippen molar-refractivity contribution in [3.8, 4) is 0 Å². The fourth-order valence-electron chi connectivity index (χ4n) is 1.24. The molecule has 0 saturated heterocycles. The lowest BCUT2D eigenvalue weighted by Gasteiger charge is -2.28. The third-order valence-electron chi connectivity index (χ3n) is 2.68. The zero-order valence-corrected chi connectivity index (χ0v) is 10.3. The van der Waals surface area contributed by atoms with Crippen LogP contribution < -0.4 is 11.1 Å². The van der Waals surface area contributed by atoms with Crippen molar-refractivity contribution in [1.29, 1.82) is 0 Å². The van der Waals surface area contributed by atoms with E-state index in [0.29, 0.717) is 17.0 Å². The summed E-state index contributed by atoms with van der Waals surface area (Å²) >= 11 is 4.96. The molecule has 0 spiro atoms. The Morgan fingerprint density at radius 2 is 2.00 bits per heavy atom. The van der Waals surface area contributed by atoms with Crippen LogP contribution in [-0.2, 0) is 0 Å². The number of rotatable bonds is 4. The summed E-state index contributed by atoms with van der Waals surface area (Å²) in [6.07, 6.45) is 0.668. The second kappa shape index (κ2) is 5.07. The van der Waals surface area contributed by atoms with Crippen LogP contribution in [0.1, 0.15) is 30.6 Å². The number of thiocarbonyl (C=S) groups is 1. The molecule has 1 aromatic rings. The Hall–Kier alpha value is -1.42. The maximum atomic E-state index is 11.9. The van der Waals surface area contributed by atoms with Crippen LogP contribution in [0.3, 0.4) is 0 Å². The van der Waals surface area contributed by atoms with Crippen molar-refractivity contribution >= 4 is 23.1 Å². The van der Waals surface area contributed by atoms with Gasteiger partial charge in [0.15, 0.2) is 0 Å². The molecule has 0 unspecified atom stereocenters. The third kappa shape index (κ3) is 2.79. The van der Waals surface area contributed by atoms with Crippen LogP contribution in [0, 0.1) is 0 Å². The zero-order valence-electron chi connectivity index (χ0n) is 9.49. The molecule has 0 aromatic heterocycles. The maximum absolute atomic E-state index is 11.9. The molecule has 4 heteroatoms. The molecule has 1 aromatic carbocycles. The van der Waals surface area contributed by atoms with Crippen LogP contribution in [0.5, 0.6) is 0 Å². The van der Waals surface area contributed by atoms with Crippen LogP contribution in [0.15, 0.2) is 30.3 Å². The summed E-state index contributed by atoms with van der Waals surface area (Å²) in [5, 5.41) is 2.85. The molecule has 86 valence electrons. The van der Waals surface area contributed by atoms with E-state index in [1.54, 1.807) is 12.1 Å². The van der Waals surface area contributed by atoms with Crippen molar-refractivity contribution in [1.82, 2.24) is 5.32 Å². The number of hydrogen-bond donors (Lipinski definition) is 2. The van der Waals surface area contributed by atoms with Gasteiger partial charge in [-0.3, -0.25) is 4.79 Å². The largest absolute Gasteiger partial charge is 0.391 e. The normalized spacial score (nSPS) is 13.9. The topological polar surface area (TPSA) is 55.1 Å². The summed E-state index contributed by atoms with van der Waals surface area (Å²) in [4.78, 5) is 12.2. The van der Waals surface area contributed by atoms with Crippen LogP contribution in [-0.4, -0.2) is 16.4 Å². The van der Waals surface area contributed by atoms with E-state index < -0.39 is 5.54 Å². The van der Waals surface area contributed by atoms with Crippen LogP contribution in [0.2, 0.25) is 0 Å². The minimum absolute atomic E-state index is 0.155. The fourth-order valence-corrected chi connectivity index (χ4v) is 1.43. The minimum atomic E-state index is -0.623. The molecular weight excluding hydrogens is 220 g/mol. The first-order valence-electron chi connectivity index (χ1n) is 5.17. The summed E-state index contributed by atoms with van der Waals surface area (Å²) in [6.45, 7) is 3.76. The van der Waals surface area contributed by atoms with Gasteiger partial charge in [0, 0.05) is 5.56 Å². The number of benzene rings is 1. The van der Waals surface area contributed by atoms with Gasteiger partial charge in [0.25, 0.3) is 5.91 Å². The lowest BCUT2D eigenvalue weighted by Crippen LogP contribution is -2.54. The van der Waals surface area contributed by atoms with Crippen LogP contribution >= 0.6 is 12.2 Å². The lowest BCUT2D eigenvalue weighted by atomic mass is 9.98. The SMILES string of the molecule is CC[C@@](C)(NC(=O)c1ccccc1)C(N)=S. The predicted molar refractivity (Wildman–Crippen MR) is 69.4 cm³/mol. The molecule has 0 radical (unpaired) electrons. The molecule has 1 atom stereocenters. The van der Waals surface area contributed by atoms with E-state index in [0.717, 1.165) is 0 Å². The second-order valence-corrected chi connectivity index (χ2v) is 4.31. The molecule has 0 aliphatic rings. The molecule has 0 bridgehead atoms. The number of nitrogens with two attached hydrogens (primary N) is 1. The summed E-state index contributed by atoms with van der Waals surface area (Å²) in [6, 6.07) is 9.01. The molecule has 16 heavy (non-hydrogen) atoms. The Balaban J connectivity index is 2.82. The molecule has 0 saturated carbocycles. The molecule has 3 nitrogen and oxygen atoms in total. The summed E-state index contributed by atoms with van der Waals surface area (Å²) < 4.78 is 0. The monoisotopic (exact) mass is 236 g/mol. The second-order valence-electron chi connectivity index (χ2n) is 3.87. The van der Waals surface area contributed by atoms with Crippen molar-refractivity contribution in [3.05, 3.63) is 35.9 Å². The zero-order chi connectivity index (χ0) is 12.2. The average molecular weight is 236 g/mol. The Bertz CT molecular complexity index is 391. The van der Waals surface area contributed by atoms with E-state index >= 15 is 0 Å². The Morgan fingerprint density at radius 3 is 2.44 bits per heavy atom. The van der Waals surface area contributed by atoms with Gasteiger partial charge in [-0.05, 0) is 25.5 Å².